The number of nitrogens with two attached hydrogens (primary N) is 2. The van der Waals surface area contributed by atoms with Crippen LogP contribution in [0.25, 0.3) is 0 Å². The maximum atomic E-state index is 11.4. The molecule has 0 saturated carbocycles. The van der Waals surface area contributed by atoms with Crippen molar-refractivity contribution in [2.24, 2.45) is 11.5 Å². The molecule has 88 valence electrons. The fourth-order valence-corrected chi connectivity index (χ4v) is 1.28. The minimum atomic E-state index is -0.583. The molecule has 0 aromatic carbocycles. The maximum absolute atomic E-state index is 11.4. The lowest BCUT2D eigenvalue weighted by molar-refractivity contribution is -0.124. The molecule has 0 spiro atoms. The van der Waals surface area contributed by atoms with E-state index in [4.69, 9.17) is 11.5 Å². The quantitative estimate of drug-likeness (QED) is 0.576. The van der Waals surface area contributed by atoms with Gasteiger partial charge in [0.25, 0.3) is 0 Å². The normalized spacial score (nSPS) is 13.3. The molecule has 2 amide bonds. The number of hydrogen-bond acceptors (Lipinski definition) is 3. The van der Waals surface area contributed by atoms with Crippen molar-refractivity contribution in [2.45, 2.75) is 51.6 Å². The molecule has 5 heteroatoms. The summed E-state index contributed by atoms with van der Waals surface area (Å²) in [6.07, 6.45) is 1.15. The summed E-state index contributed by atoms with van der Waals surface area (Å²) in [5, 5.41) is 2.75. The number of amides is 2. The monoisotopic (exact) mass is 215 g/mol. The summed E-state index contributed by atoms with van der Waals surface area (Å²) < 4.78 is 0. The fourth-order valence-electron chi connectivity index (χ4n) is 1.28. The minimum absolute atomic E-state index is 0.00926. The Morgan fingerprint density at radius 2 is 1.93 bits per heavy atom. The average Bonchev–Trinajstić information content (AvgIpc) is 1.96. The van der Waals surface area contributed by atoms with E-state index in [9.17, 15) is 9.59 Å². The highest BCUT2D eigenvalue weighted by Gasteiger charge is 2.22. The standard InChI is InChI=1S/C10H21N3O2/c1-7(11)4-5-9(15)13-10(2,3)6-8(12)14/h7H,4-6,11H2,1-3H3,(H2,12,14)(H,13,15). The van der Waals surface area contributed by atoms with Crippen molar-refractivity contribution in [3.63, 3.8) is 0 Å². The maximum Gasteiger partial charge on any atom is 0.220 e. The smallest absolute Gasteiger partial charge is 0.220 e. The second kappa shape index (κ2) is 5.70. The van der Waals surface area contributed by atoms with Crippen LogP contribution in [0.4, 0.5) is 0 Å². The molecular weight excluding hydrogens is 194 g/mol. The first-order valence-electron chi connectivity index (χ1n) is 5.08. The largest absolute Gasteiger partial charge is 0.370 e. The lowest BCUT2D eigenvalue weighted by Crippen LogP contribution is -2.46. The van der Waals surface area contributed by atoms with Crippen LogP contribution in [-0.2, 0) is 9.59 Å². The second-order valence-corrected chi connectivity index (χ2v) is 4.59. The lowest BCUT2D eigenvalue weighted by Gasteiger charge is -2.24. The fraction of sp³-hybridized carbons (Fsp3) is 0.800. The number of carbonyl (C=O) groups excluding carboxylic acids is 2. The summed E-state index contributed by atoms with van der Waals surface area (Å²) in [7, 11) is 0. The highest BCUT2D eigenvalue weighted by molar-refractivity contribution is 5.79. The Bertz CT molecular complexity index is 237. The van der Waals surface area contributed by atoms with Crippen LogP contribution in [0.3, 0.4) is 0 Å². The molecule has 0 aromatic rings. The summed E-state index contributed by atoms with van der Waals surface area (Å²) in [5.74, 6) is -0.522. The third-order valence-electron chi connectivity index (χ3n) is 1.92. The van der Waals surface area contributed by atoms with E-state index in [1.165, 1.54) is 0 Å². The van der Waals surface area contributed by atoms with Gasteiger partial charge in [0.2, 0.25) is 11.8 Å². The van der Waals surface area contributed by atoms with E-state index in [0.29, 0.717) is 12.8 Å². The molecule has 0 aliphatic carbocycles. The number of rotatable bonds is 6. The summed E-state index contributed by atoms with van der Waals surface area (Å²) in [6, 6.07) is 0.00926. The Balaban J connectivity index is 3.98. The van der Waals surface area contributed by atoms with Crippen LogP contribution in [0, 0.1) is 0 Å². The van der Waals surface area contributed by atoms with Crippen LogP contribution in [0.1, 0.15) is 40.0 Å². The molecule has 1 atom stereocenters. The second-order valence-electron chi connectivity index (χ2n) is 4.59. The van der Waals surface area contributed by atoms with Crippen LogP contribution in [-0.4, -0.2) is 23.4 Å². The van der Waals surface area contributed by atoms with Crippen LogP contribution in [0.2, 0.25) is 0 Å². The van der Waals surface area contributed by atoms with Gasteiger partial charge >= 0.3 is 0 Å². The molecule has 0 aromatic heterocycles. The zero-order valence-corrected chi connectivity index (χ0v) is 9.67. The molecular formula is C10H21N3O2. The van der Waals surface area contributed by atoms with E-state index in [1.807, 2.05) is 6.92 Å². The molecule has 5 N–H and O–H groups in total. The average molecular weight is 215 g/mol. The number of primary amides is 1. The van der Waals surface area contributed by atoms with Crippen molar-refractivity contribution in [3.05, 3.63) is 0 Å². The Morgan fingerprint density at radius 1 is 1.40 bits per heavy atom. The van der Waals surface area contributed by atoms with Crippen LogP contribution >= 0.6 is 0 Å². The first-order chi connectivity index (χ1) is 6.73. The van der Waals surface area contributed by atoms with Crippen molar-refractivity contribution < 1.29 is 9.59 Å². The molecule has 0 radical (unpaired) electrons. The molecule has 0 heterocycles. The molecule has 0 fully saturated rings. The van der Waals surface area contributed by atoms with E-state index >= 15 is 0 Å². The Labute approximate surface area is 90.6 Å². The van der Waals surface area contributed by atoms with Gasteiger partial charge in [-0.25, -0.2) is 0 Å². The van der Waals surface area contributed by atoms with Gasteiger partial charge in [0, 0.05) is 24.4 Å². The van der Waals surface area contributed by atoms with Gasteiger partial charge in [0.15, 0.2) is 0 Å². The minimum Gasteiger partial charge on any atom is -0.370 e. The van der Waals surface area contributed by atoms with Gasteiger partial charge in [0.1, 0.15) is 0 Å². The highest BCUT2D eigenvalue weighted by atomic mass is 16.2. The molecule has 0 saturated heterocycles. The van der Waals surface area contributed by atoms with Crippen molar-refractivity contribution in [3.8, 4) is 0 Å². The number of nitrogens with one attached hydrogen (secondary N) is 1. The topological polar surface area (TPSA) is 98.2 Å². The molecule has 15 heavy (non-hydrogen) atoms. The third-order valence-corrected chi connectivity index (χ3v) is 1.92. The molecule has 0 aliphatic heterocycles. The Hall–Kier alpha value is -1.10. The first-order valence-corrected chi connectivity index (χ1v) is 5.08. The van der Waals surface area contributed by atoms with Gasteiger partial charge in [-0.3, -0.25) is 9.59 Å². The van der Waals surface area contributed by atoms with E-state index in [0.717, 1.165) is 0 Å². The van der Waals surface area contributed by atoms with Crippen molar-refractivity contribution >= 4 is 11.8 Å². The molecule has 0 aliphatic rings. The first kappa shape index (κ1) is 13.9. The number of carbonyl (C=O) groups is 2. The molecule has 5 nitrogen and oxygen atoms in total. The zero-order valence-electron chi connectivity index (χ0n) is 9.67. The van der Waals surface area contributed by atoms with E-state index in [-0.39, 0.29) is 18.4 Å². The summed E-state index contributed by atoms with van der Waals surface area (Å²) >= 11 is 0. The van der Waals surface area contributed by atoms with Crippen molar-refractivity contribution in [1.29, 1.82) is 0 Å². The molecule has 0 bridgehead atoms. The highest BCUT2D eigenvalue weighted by Crippen LogP contribution is 2.08. The summed E-state index contributed by atoms with van der Waals surface area (Å²) in [5.41, 5.74) is 10.0. The Morgan fingerprint density at radius 3 is 2.33 bits per heavy atom. The summed E-state index contributed by atoms with van der Waals surface area (Å²) in [6.45, 7) is 5.38. The third kappa shape index (κ3) is 7.93. The molecule has 0 rings (SSSR count). The number of hydrogen-bond donors (Lipinski definition) is 3. The van der Waals surface area contributed by atoms with Gasteiger partial charge in [-0.15, -0.1) is 0 Å². The van der Waals surface area contributed by atoms with Gasteiger partial charge in [-0.05, 0) is 27.2 Å². The van der Waals surface area contributed by atoms with Crippen molar-refractivity contribution in [1.82, 2.24) is 5.32 Å². The van der Waals surface area contributed by atoms with Gasteiger partial charge in [-0.2, -0.15) is 0 Å². The lowest BCUT2D eigenvalue weighted by atomic mass is 10.00. The predicted molar refractivity (Wildman–Crippen MR) is 58.9 cm³/mol. The Kier molecular flexibility index (Phi) is 5.28. The van der Waals surface area contributed by atoms with E-state index in [1.54, 1.807) is 13.8 Å². The van der Waals surface area contributed by atoms with Crippen molar-refractivity contribution in [2.75, 3.05) is 0 Å². The predicted octanol–water partition coefficient (Wildman–Crippen LogP) is -0.116. The zero-order chi connectivity index (χ0) is 12.1. The summed E-state index contributed by atoms with van der Waals surface area (Å²) in [4.78, 5) is 22.1. The van der Waals surface area contributed by atoms with Crippen LogP contribution in [0.15, 0.2) is 0 Å². The van der Waals surface area contributed by atoms with Gasteiger partial charge in [-0.1, -0.05) is 0 Å². The van der Waals surface area contributed by atoms with Crippen LogP contribution < -0.4 is 16.8 Å². The van der Waals surface area contributed by atoms with Gasteiger partial charge in [0.05, 0.1) is 0 Å². The van der Waals surface area contributed by atoms with E-state index < -0.39 is 11.4 Å². The molecule has 1 unspecified atom stereocenters. The van der Waals surface area contributed by atoms with Crippen LogP contribution in [0.5, 0.6) is 0 Å². The SMILES string of the molecule is CC(N)CCC(=O)NC(C)(C)CC(N)=O. The van der Waals surface area contributed by atoms with E-state index in [2.05, 4.69) is 5.32 Å². The van der Waals surface area contributed by atoms with Gasteiger partial charge < -0.3 is 16.8 Å².